The summed E-state index contributed by atoms with van der Waals surface area (Å²) >= 11 is 1.48. The van der Waals surface area contributed by atoms with E-state index in [2.05, 4.69) is 25.8 Å². The lowest BCUT2D eigenvalue weighted by Gasteiger charge is -2.31. The van der Waals surface area contributed by atoms with Crippen molar-refractivity contribution in [3.8, 4) is 5.75 Å². The van der Waals surface area contributed by atoms with Crippen LogP contribution >= 0.6 is 11.3 Å². The molecule has 3 aliphatic heterocycles. The molecule has 3 atom stereocenters. The molecule has 0 aliphatic carbocycles. The fraction of sp³-hybridized carbons (Fsp3) is 0.514. The first-order chi connectivity index (χ1) is 24.8. The van der Waals surface area contributed by atoms with Gasteiger partial charge in [-0.2, -0.15) is 0 Å². The Hall–Kier alpha value is -4.22. The molecule has 3 aliphatic rings. The fourth-order valence-electron chi connectivity index (χ4n) is 6.17. The number of hydrogen-bond acceptors (Lipinski definition) is 12. The predicted molar refractivity (Wildman–Crippen MR) is 185 cm³/mol. The molecule has 2 aromatic carbocycles. The van der Waals surface area contributed by atoms with Crippen LogP contribution in [0.2, 0.25) is 0 Å². The van der Waals surface area contributed by atoms with Gasteiger partial charge in [0.1, 0.15) is 5.52 Å². The number of piperidine rings is 1. The van der Waals surface area contributed by atoms with Gasteiger partial charge in [0.25, 0.3) is 5.91 Å². The van der Waals surface area contributed by atoms with Gasteiger partial charge in [0, 0.05) is 31.7 Å². The number of ether oxygens (including phenoxy) is 5. The Morgan fingerprint density at radius 1 is 0.922 bits per heavy atom. The number of benzene rings is 2. The van der Waals surface area contributed by atoms with E-state index < -0.39 is 11.7 Å². The van der Waals surface area contributed by atoms with Crippen LogP contribution in [0, 0.1) is 5.82 Å². The number of rotatable bonds is 18. The molecule has 3 N–H and O–H groups in total. The number of fused-ring (bicyclic) bond motifs is 3. The molecule has 0 saturated carbocycles. The van der Waals surface area contributed by atoms with Crippen LogP contribution in [0.15, 0.2) is 36.4 Å². The summed E-state index contributed by atoms with van der Waals surface area (Å²) in [6.07, 6.45) is 3.44. The van der Waals surface area contributed by atoms with E-state index in [1.54, 1.807) is 30.3 Å². The van der Waals surface area contributed by atoms with Crippen molar-refractivity contribution < 1.29 is 47.3 Å². The molecule has 3 aromatic rings. The minimum atomic E-state index is -0.568. The number of morpholine rings is 1. The quantitative estimate of drug-likeness (QED) is 0.130. The molecule has 274 valence electrons. The summed E-state index contributed by atoms with van der Waals surface area (Å²) in [4.78, 5) is 54.8. The molecule has 16 heteroatoms. The molecule has 51 heavy (non-hydrogen) atoms. The summed E-state index contributed by atoms with van der Waals surface area (Å²) in [5, 5.41) is 8.64. The number of nitrogens with one attached hydrogen (secondary N) is 3. The van der Waals surface area contributed by atoms with Crippen molar-refractivity contribution in [2.45, 2.75) is 50.2 Å². The van der Waals surface area contributed by atoms with Crippen LogP contribution in [-0.2, 0) is 38.1 Å². The standard InChI is InChI=1S/C35H42FN5O9S/c36-27-8-9-28-32(40-35(51-28)41-19-24-5-6-25(20-41)50-24)33(27)49-21-31(44)37-12-14-47-16-18-48-17-15-46-13-11-30(43)38-23-3-1-22(2-4-23)26-7-10-29(42)39-34(26)45/h1-4,8-9,24-26H,5-7,10-21H2,(H,37,44)(H,38,43)(H,39,42,45). The highest BCUT2D eigenvalue weighted by atomic mass is 32.1. The second kappa shape index (κ2) is 17.8. The van der Waals surface area contributed by atoms with E-state index >= 15 is 0 Å². The second-order valence-electron chi connectivity index (χ2n) is 12.5. The summed E-state index contributed by atoms with van der Waals surface area (Å²) in [7, 11) is 0. The third kappa shape index (κ3) is 10.2. The molecule has 2 bridgehead atoms. The number of anilines is 2. The van der Waals surface area contributed by atoms with E-state index in [1.165, 1.54) is 17.4 Å². The van der Waals surface area contributed by atoms with Gasteiger partial charge in [0.2, 0.25) is 17.7 Å². The number of nitrogens with zero attached hydrogens (tertiary/aromatic N) is 2. The topological polar surface area (TPSA) is 167 Å². The molecular formula is C35H42FN5O9S. The van der Waals surface area contributed by atoms with Gasteiger partial charge in [-0.3, -0.25) is 24.5 Å². The van der Waals surface area contributed by atoms with Gasteiger partial charge >= 0.3 is 0 Å². The summed E-state index contributed by atoms with van der Waals surface area (Å²) < 4.78 is 43.4. The van der Waals surface area contributed by atoms with Crippen molar-refractivity contribution in [2.24, 2.45) is 0 Å². The summed E-state index contributed by atoms with van der Waals surface area (Å²) in [6.45, 7) is 3.22. The highest BCUT2D eigenvalue weighted by molar-refractivity contribution is 7.22. The Balaban J connectivity index is 0.771. The second-order valence-corrected chi connectivity index (χ2v) is 13.5. The van der Waals surface area contributed by atoms with Crippen LogP contribution in [0.1, 0.15) is 43.6 Å². The highest BCUT2D eigenvalue weighted by Crippen LogP contribution is 2.38. The molecule has 3 unspecified atom stereocenters. The van der Waals surface area contributed by atoms with Crippen LogP contribution in [0.3, 0.4) is 0 Å². The number of thiazole rings is 1. The Morgan fingerprint density at radius 2 is 1.63 bits per heavy atom. The van der Waals surface area contributed by atoms with Crippen molar-refractivity contribution in [1.82, 2.24) is 15.6 Å². The first kappa shape index (κ1) is 36.6. The Kier molecular flexibility index (Phi) is 12.8. The summed E-state index contributed by atoms with van der Waals surface area (Å²) in [5.41, 5.74) is 1.81. The normalized spacial score (nSPS) is 20.0. The highest BCUT2D eigenvalue weighted by Gasteiger charge is 2.35. The average molecular weight is 728 g/mol. The number of carbonyl (C=O) groups excluding carboxylic acids is 4. The van der Waals surface area contributed by atoms with Crippen molar-refractivity contribution in [3.63, 3.8) is 0 Å². The van der Waals surface area contributed by atoms with Crippen LogP contribution < -0.4 is 25.6 Å². The number of imide groups is 1. The lowest BCUT2D eigenvalue weighted by Crippen LogP contribution is -2.42. The van der Waals surface area contributed by atoms with Gasteiger partial charge in [-0.1, -0.05) is 23.5 Å². The van der Waals surface area contributed by atoms with Crippen LogP contribution in [-0.4, -0.2) is 107 Å². The molecule has 14 nitrogen and oxygen atoms in total. The first-order valence-corrected chi connectivity index (χ1v) is 18.0. The Bertz CT molecular complexity index is 1680. The van der Waals surface area contributed by atoms with E-state index in [1.807, 2.05) is 0 Å². The van der Waals surface area contributed by atoms with Gasteiger partial charge < -0.3 is 39.2 Å². The molecule has 0 radical (unpaired) electrons. The zero-order chi connectivity index (χ0) is 35.6. The monoisotopic (exact) mass is 727 g/mol. The van der Waals surface area contributed by atoms with E-state index in [9.17, 15) is 23.6 Å². The van der Waals surface area contributed by atoms with Gasteiger partial charge in [0.05, 0.1) is 68.9 Å². The minimum Gasteiger partial charge on any atom is -0.478 e. The van der Waals surface area contributed by atoms with Crippen molar-refractivity contribution >= 4 is 56.0 Å². The van der Waals surface area contributed by atoms with Gasteiger partial charge in [0.15, 0.2) is 23.3 Å². The zero-order valence-corrected chi connectivity index (χ0v) is 29.0. The third-order valence-electron chi connectivity index (χ3n) is 8.74. The number of aromatic nitrogens is 1. The van der Waals surface area contributed by atoms with Crippen LogP contribution in [0.4, 0.5) is 15.2 Å². The largest absolute Gasteiger partial charge is 0.478 e. The number of halogens is 1. The van der Waals surface area contributed by atoms with E-state index in [4.69, 9.17) is 23.7 Å². The third-order valence-corrected chi connectivity index (χ3v) is 9.82. The first-order valence-electron chi connectivity index (χ1n) is 17.2. The van der Waals surface area contributed by atoms with E-state index in [0.717, 1.165) is 41.3 Å². The molecule has 6 rings (SSSR count). The Labute approximate surface area is 298 Å². The summed E-state index contributed by atoms with van der Waals surface area (Å²) in [6, 6.07) is 10.0. The molecular weight excluding hydrogens is 685 g/mol. The zero-order valence-electron chi connectivity index (χ0n) is 28.2. The lowest BCUT2D eigenvalue weighted by atomic mass is 9.90. The SMILES string of the molecule is O=C(COc1c(F)ccc2sc(N3CC4CCC(C3)O4)nc12)NCCOCCOCCOCCC(=O)Nc1ccc(C2CCC(=O)NC2=O)cc1. The van der Waals surface area contributed by atoms with Gasteiger partial charge in [-0.05, 0) is 49.1 Å². The average Bonchev–Trinajstić information content (AvgIpc) is 3.71. The predicted octanol–water partition coefficient (Wildman–Crippen LogP) is 2.90. The van der Waals surface area contributed by atoms with Crippen LogP contribution in [0.25, 0.3) is 10.2 Å². The van der Waals surface area contributed by atoms with E-state index in [-0.39, 0.29) is 74.4 Å². The molecule has 3 saturated heterocycles. The number of hydrogen-bond donors (Lipinski definition) is 3. The summed E-state index contributed by atoms with van der Waals surface area (Å²) in [5.74, 6) is -2.13. The smallest absolute Gasteiger partial charge is 0.258 e. The molecule has 1 aromatic heterocycles. The van der Waals surface area contributed by atoms with Crippen molar-refractivity contribution in [1.29, 1.82) is 0 Å². The maximum absolute atomic E-state index is 14.7. The van der Waals surface area contributed by atoms with Crippen LogP contribution in [0.5, 0.6) is 5.75 Å². The molecule has 0 spiro atoms. The minimum absolute atomic E-state index is 0.0299. The molecule has 4 amide bonds. The van der Waals surface area contributed by atoms with Gasteiger partial charge in [-0.25, -0.2) is 9.37 Å². The maximum Gasteiger partial charge on any atom is 0.258 e. The molecule has 4 heterocycles. The van der Waals surface area contributed by atoms with Gasteiger partial charge in [-0.15, -0.1) is 0 Å². The maximum atomic E-state index is 14.7. The number of amides is 4. The number of carbonyl (C=O) groups is 4. The Morgan fingerprint density at radius 3 is 2.35 bits per heavy atom. The fourth-order valence-corrected chi connectivity index (χ4v) is 7.15. The van der Waals surface area contributed by atoms with Crippen molar-refractivity contribution in [3.05, 3.63) is 47.8 Å². The lowest BCUT2D eigenvalue weighted by molar-refractivity contribution is -0.134. The molecule has 3 fully saturated rings. The van der Waals surface area contributed by atoms with Crippen molar-refractivity contribution in [2.75, 3.05) is 76.1 Å². The van der Waals surface area contributed by atoms with E-state index in [0.29, 0.717) is 50.5 Å².